The summed E-state index contributed by atoms with van der Waals surface area (Å²) in [6.45, 7) is 1.66. The Morgan fingerprint density at radius 2 is 2.27 bits per heavy atom. The third-order valence-corrected chi connectivity index (χ3v) is 2.40. The van der Waals surface area contributed by atoms with E-state index >= 15 is 0 Å². The predicted molar refractivity (Wildman–Crippen MR) is 45.8 cm³/mol. The van der Waals surface area contributed by atoms with Gasteiger partial charge in [-0.15, -0.1) is 0 Å². The van der Waals surface area contributed by atoms with E-state index < -0.39 is 0 Å². The molecule has 0 fully saturated rings. The SMILES string of the molecule is c1ccc2c(c1)OCCNS2. The smallest absolute Gasteiger partial charge is 0.134 e. The Labute approximate surface area is 70.1 Å². The Kier molecular flexibility index (Phi) is 2.01. The Hall–Kier alpha value is -0.670. The second kappa shape index (κ2) is 3.15. The van der Waals surface area contributed by atoms with Crippen molar-refractivity contribution in [2.75, 3.05) is 13.2 Å². The summed E-state index contributed by atoms with van der Waals surface area (Å²) in [5.41, 5.74) is 0. The Bertz CT molecular complexity index is 227. The van der Waals surface area contributed by atoms with E-state index in [2.05, 4.69) is 10.8 Å². The average Bonchev–Trinajstić information content (AvgIpc) is 2.28. The van der Waals surface area contributed by atoms with Crippen LogP contribution in [0.25, 0.3) is 0 Å². The molecule has 0 saturated heterocycles. The first kappa shape index (κ1) is 7.00. The second-order valence-electron chi connectivity index (χ2n) is 2.29. The molecule has 0 radical (unpaired) electrons. The number of nitrogens with one attached hydrogen (secondary N) is 1. The van der Waals surface area contributed by atoms with Crippen LogP contribution in [0, 0.1) is 0 Å². The molecule has 0 amide bonds. The first-order valence-electron chi connectivity index (χ1n) is 3.58. The minimum absolute atomic E-state index is 0.754. The zero-order valence-corrected chi connectivity index (χ0v) is 6.86. The highest BCUT2D eigenvalue weighted by atomic mass is 32.2. The molecule has 1 aliphatic heterocycles. The van der Waals surface area contributed by atoms with Crippen molar-refractivity contribution in [3.8, 4) is 5.75 Å². The van der Waals surface area contributed by atoms with Crippen LogP contribution in [0.3, 0.4) is 0 Å². The van der Waals surface area contributed by atoms with Crippen molar-refractivity contribution in [2.24, 2.45) is 0 Å². The summed E-state index contributed by atoms with van der Waals surface area (Å²) >= 11 is 1.63. The van der Waals surface area contributed by atoms with E-state index in [0.717, 1.165) is 18.9 Å². The molecule has 0 saturated carbocycles. The summed E-state index contributed by atoms with van der Waals surface area (Å²) in [6.07, 6.45) is 0. The van der Waals surface area contributed by atoms with Gasteiger partial charge >= 0.3 is 0 Å². The van der Waals surface area contributed by atoms with E-state index in [1.54, 1.807) is 11.9 Å². The first-order chi connectivity index (χ1) is 5.47. The lowest BCUT2D eigenvalue weighted by Crippen LogP contribution is -2.10. The molecule has 0 atom stereocenters. The van der Waals surface area contributed by atoms with Gasteiger partial charge in [0.1, 0.15) is 12.4 Å². The molecule has 1 aliphatic rings. The van der Waals surface area contributed by atoms with Crippen LogP contribution in [0.15, 0.2) is 29.2 Å². The standard InChI is InChI=1S/C8H9NOS/c1-2-4-8-7(3-1)10-6-5-9-11-8/h1-4,9H,5-6H2. The minimum atomic E-state index is 0.754. The first-order valence-corrected chi connectivity index (χ1v) is 4.40. The lowest BCUT2D eigenvalue weighted by atomic mass is 10.3. The van der Waals surface area contributed by atoms with Crippen LogP contribution in [0.2, 0.25) is 0 Å². The number of para-hydroxylation sites is 1. The van der Waals surface area contributed by atoms with E-state index in [-0.39, 0.29) is 0 Å². The van der Waals surface area contributed by atoms with Crippen molar-refractivity contribution in [3.63, 3.8) is 0 Å². The molecule has 11 heavy (non-hydrogen) atoms. The second-order valence-corrected chi connectivity index (χ2v) is 3.22. The van der Waals surface area contributed by atoms with Gasteiger partial charge in [0, 0.05) is 6.54 Å². The molecule has 0 aliphatic carbocycles. The third kappa shape index (κ3) is 1.49. The summed E-state index contributed by atoms with van der Waals surface area (Å²) in [7, 11) is 0. The van der Waals surface area contributed by atoms with Crippen LogP contribution in [-0.2, 0) is 0 Å². The summed E-state index contributed by atoms with van der Waals surface area (Å²) in [4.78, 5) is 1.17. The average molecular weight is 167 g/mol. The Balaban J connectivity index is 2.33. The minimum Gasteiger partial charge on any atom is -0.491 e. The van der Waals surface area contributed by atoms with E-state index in [1.165, 1.54) is 4.90 Å². The van der Waals surface area contributed by atoms with Gasteiger partial charge in [-0.1, -0.05) is 12.1 Å². The van der Waals surface area contributed by atoms with Crippen molar-refractivity contribution < 1.29 is 4.74 Å². The molecular formula is C8H9NOS. The van der Waals surface area contributed by atoms with Gasteiger partial charge in [-0.25, -0.2) is 0 Å². The lowest BCUT2D eigenvalue weighted by molar-refractivity contribution is 0.321. The summed E-state index contributed by atoms with van der Waals surface area (Å²) < 4.78 is 8.66. The highest BCUT2D eigenvalue weighted by Crippen LogP contribution is 2.28. The molecule has 0 aromatic heterocycles. The maximum atomic E-state index is 5.47. The van der Waals surface area contributed by atoms with Crippen molar-refractivity contribution >= 4 is 11.9 Å². The van der Waals surface area contributed by atoms with Gasteiger partial charge in [0.05, 0.1) is 4.90 Å². The van der Waals surface area contributed by atoms with Gasteiger partial charge in [0.25, 0.3) is 0 Å². The number of hydrogen-bond acceptors (Lipinski definition) is 3. The van der Waals surface area contributed by atoms with Gasteiger partial charge in [0.2, 0.25) is 0 Å². The van der Waals surface area contributed by atoms with Crippen LogP contribution >= 0.6 is 11.9 Å². The van der Waals surface area contributed by atoms with Gasteiger partial charge in [-0.05, 0) is 24.1 Å². The molecular weight excluding hydrogens is 158 g/mol. The normalized spacial score (nSPS) is 16.4. The zero-order chi connectivity index (χ0) is 7.52. The van der Waals surface area contributed by atoms with Crippen molar-refractivity contribution in [1.82, 2.24) is 4.72 Å². The van der Waals surface area contributed by atoms with Crippen LogP contribution < -0.4 is 9.46 Å². The fraction of sp³-hybridized carbons (Fsp3) is 0.250. The van der Waals surface area contributed by atoms with Crippen LogP contribution in [0.1, 0.15) is 0 Å². The summed E-state index contributed by atoms with van der Waals surface area (Å²) in [5.74, 6) is 0.988. The van der Waals surface area contributed by atoms with E-state index in [0.29, 0.717) is 0 Å². The van der Waals surface area contributed by atoms with Gasteiger partial charge in [0.15, 0.2) is 0 Å². The quantitative estimate of drug-likeness (QED) is 0.594. The number of hydrogen-bond donors (Lipinski definition) is 1. The molecule has 0 bridgehead atoms. The number of fused-ring (bicyclic) bond motifs is 1. The third-order valence-electron chi connectivity index (χ3n) is 1.49. The molecule has 1 aromatic rings. The number of benzene rings is 1. The molecule has 0 spiro atoms. The molecule has 58 valence electrons. The van der Waals surface area contributed by atoms with Crippen molar-refractivity contribution in [3.05, 3.63) is 24.3 Å². The molecule has 1 heterocycles. The van der Waals surface area contributed by atoms with Crippen LogP contribution in [0.4, 0.5) is 0 Å². The Morgan fingerprint density at radius 3 is 3.27 bits per heavy atom. The molecule has 1 N–H and O–H groups in total. The summed E-state index contributed by atoms with van der Waals surface area (Å²) in [5, 5.41) is 0. The van der Waals surface area contributed by atoms with Crippen molar-refractivity contribution in [2.45, 2.75) is 4.90 Å². The molecule has 2 rings (SSSR count). The topological polar surface area (TPSA) is 21.3 Å². The van der Waals surface area contributed by atoms with Crippen LogP contribution in [-0.4, -0.2) is 13.2 Å². The molecule has 3 heteroatoms. The van der Waals surface area contributed by atoms with Gasteiger partial charge < -0.3 is 4.74 Å². The van der Waals surface area contributed by atoms with E-state index in [9.17, 15) is 0 Å². The molecule has 2 nitrogen and oxygen atoms in total. The molecule has 1 aromatic carbocycles. The Morgan fingerprint density at radius 1 is 1.36 bits per heavy atom. The zero-order valence-electron chi connectivity index (χ0n) is 6.04. The van der Waals surface area contributed by atoms with E-state index in [1.807, 2.05) is 18.2 Å². The highest BCUT2D eigenvalue weighted by Gasteiger charge is 2.06. The van der Waals surface area contributed by atoms with E-state index in [4.69, 9.17) is 4.74 Å². The highest BCUT2D eigenvalue weighted by molar-refractivity contribution is 7.97. The fourth-order valence-corrected chi connectivity index (χ4v) is 1.70. The predicted octanol–water partition coefficient (Wildman–Crippen LogP) is 1.68. The molecule has 0 unspecified atom stereocenters. The lowest BCUT2D eigenvalue weighted by Gasteiger charge is -2.02. The fourth-order valence-electron chi connectivity index (χ4n) is 0.985. The number of rotatable bonds is 0. The summed E-state index contributed by atoms with van der Waals surface area (Å²) in [6, 6.07) is 8.06. The monoisotopic (exact) mass is 167 g/mol. The number of ether oxygens (including phenoxy) is 1. The maximum Gasteiger partial charge on any atom is 0.134 e. The van der Waals surface area contributed by atoms with Crippen LogP contribution in [0.5, 0.6) is 5.75 Å². The van der Waals surface area contributed by atoms with Crippen molar-refractivity contribution in [1.29, 1.82) is 0 Å². The van der Waals surface area contributed by atoms with Gasteiger partial charge in [-0.3, -0.25) is 4.72 Å². The largest absolute Gasteiger partial charge is 0.491 e. The maximum absolute atomic E-state index is 5.47. The van der Waals surface area contributed by atoms with Gasteiger partial charge in [-0.2, -0.15) is 0 Å².